The predicted octanol–water partition coefficient (Wildman–Crippen LogP) is 2.37. The average Bonchev–Trinajstić information content (AvgIpc) is 2.78. The molecule has 1 aromatic heterocycles. The number of aryl methyl sites for hydroxylation is 1. The summed E-state index contributed by atoms with van der Waals surface area (Å²) >= 11 is 1.83. The smallest absolute Gasteiger partial charge is 0.226 e. The van der Waals surface area contributed by atoms with E-state index in [4.69, 9.17) is 15.0 Å². The van der Waals surface area contributed by atoms with Crippen LogP contribution < -0.4 is 5.73 Å². The molecule has 2 unspecified atom stereocenters. The highest BCUT2D eigenvalue weighted by atomic mass is 32.2. The van der Waals surface area contributed by atoms with Crippen molar-refractivity contribution in [3.8, 4) is 0 Å². The largest absolute Gasteiger partial charge is 0.374 e. The van der Waals surface area contributed by atoms with Gasteiger partial charge in [-0.05, 0) is 26.7 Å². The van der Waals surface area contributed by atoms with Crippen LogP contribution in [0.4, 0.5) is 5.88 Å². The lowest BCUT2D eigenvalue weighted by Crippen LogP contribution is -2.11. The minimum absolute atomic E-state index is 0.404. The second kappa shape index (κ2) is 5.10. The number of nitrogens with two attached hydrogens (primary N) is 1. The number of rotatable bonds is 4. The molecule has 90 valence electrons. The molecule has 0 spiro atoms. The number of anilines is 1. The first-order valence-corrected chi connectivity index (χ1v) is 6.76. The van der Waals surface area contributed by atoms with Crippen LogP contribution in [0, 0.1) is 6.92 Å². The summed E-state index contributed by atoms with van der Waals surface area (Å²) in [6, 6.07) is 0. The molecule has 0 aliphatic carbocycles. The Hall–Kier alpha value is -0.680. The zero-order chi connectivity index (χ0) is 11.5. The van der Waals surface area contributed by atoms with Gasteiger partial charge in [-0.15, -0.1) is 0 Å². The van der Waals surface area contributed by atoms with Gasteiger partial charge in [-0.25, -0.2) is 0 Å². The number of nitrogen functional groups attached to an aromatic ring is 1. The Labute approximate surface area is 99.9 Å². The van der Waals surface area contributed by atoms with Gasteiger partial charge < -0.3 is 15.0 Å². The lowest BCUT2D eigenvalue weighted by Gasteiger charge is -2.10. The molecule has 1 aliphatic rings. The summed E-state index contributed by atoms with van der Waals surface area (Å²) in [5.41, 5.74) is 7.60. The molecule has 0 radical (unpaired) electrons. The van der Waals surface area contributed by atoms with E-state index in [9.17, 15) is 0 Å². The Balaban J connectivity index is 1.76. The van der Waals surface area contributed by atoms with E-state index in [0.717, 1.165) is 22.8 Å². The molecule has 0 saturated carbocycles. The van der Waals surface area contributed by atoms with E-state index in [0.29, 0.717) is 18.1 Å². The predicted molar refractivity (Wildman–Crippen MR) is 65.4 cm³/mol. The normalized spacial score (nSPS) is 25.1. The van der Waals surface area contributed by atoms with Gasteiger partial charge in [-0.2, -0.15) is 11.8 Å². The van der Waals surface area contributed by atoms with Gasteiger partial charge in [-0.1, -0.05) is 5.16 Å². The minimum Gasteiger partial charge on any atom is -0.374 e. The Morgan fingerprint density at radius 2 is 2.31 bits per heavy atom. The molecule has 16 heavy (non-hydrogen) atoms. The van der Waals surface area contributed by atoms with Crippen LogP contribution in [0.15, 0.2) is 4.52 Å². The number of nitrogens with zero attached hydrogens (tertiary/aromatic N) is 1. The second-order valence-electron chi connectivity index (χ2n) is 4.27. The lowest BCUT2D eigenvalue weighted by molar-refractivity contribution is 0.0700. The Kier molecular flexibility index (Phi) is 3.76. The van der Waals surface area contributed by atoms with Gasteiger partial charge >= 0.3 is 0 Å². The van der Waals surface area contributed by atoms with Crippen LogP contribution in [0.1, 0.15) is 31.0 Å². The molecule has 2 atom stereocenters. The van der Waals surface area contributed by atoms with E-state index in [2.05, 4.69) is 12.1 Å². The van der Waals surface area contributed by atoms with Gasteiger partial charge in [0.25, 0.3) is 0 Å². The van der Waals surface area contributed by atoms with Crippen LogP contribution in [-0.4, -0.2) is 23.1 Å². The Bertz CT molecular complexity index is 334. The minimum atomic E-state index is 0.404. The van der Waals surface area contributed by atoms with Crippen LogP contribution in [-0.2, 0) is 10.5 Å². The third-order valence-corrected chi connectivity index (χ3v) is 3.99. The number of ether oxygens (including phenoxy) is 1. The van der Waals surface area contributed by atoms with Crippen molar-refractivity contribution in [2.75, 3.05) is 11.5 Å². The average molecular weight is 242 g/mol. The van der Waals surface area contributed by atoms with Crippen LogP contribution in [0.2, 0.25) is 0 Å². The molecule has 1 aliphatic heterocycles. The highest BCUT2D eigenvalue weighted by molar-refractivity contribution is 7.98. The molecule has 1 aromatic rings. The molecule has 0 amide bonds. The van der Waals surface area contributed by atoms with Crippen molar-refractivity contribution in [2.24, 2.45) is 0 Å². The molecule has 2 heterocycles. The van der Waals surface area contributed by atoms with Gasteiger partial charge in [0.15, 0.2) is 0 Å². The molecule has 0 aromatic carbocycles. The fraction of sp³-hybridized carbons (Fsp3) is 0.727. The maximum atomic E-state index is 5.75. The molecule has 0 bridgehead atoms. The molecular formula is C11H18N2O2S. The number of hydrogen-bond donors (Lipinski definition) is 1. The van der Waals surface area contributed by atoms with E-state index in [1.54, 1.807) is 0 Å². The van der Waals surface area contributed by atoms with Gasteiger partial charge in [0.2, 0.25) is 5.88 Å². The molecule has 2 rings (SSSR count). The quantitative estimate of drug-likeness (QED) is 0.878. The standard InChI is InChI=1S/C11H18N2O2S/c1-7-3-4-9(14-7)5-16-6-10-8(2)13-15-11(10)12/h7,9H,3-6,12H2,1-2H3. The number of hydrogen-bond acceptors (Lipinski definition) is 5. The van der Waals surface area contributed by atoms with Crippen LogP contribution in [0.25, 0.3) is 0 Å². The molecule has 5 heteroatoms. The summed E-state index contributed by atoms with van der Waals surface area (Å²) in [5, 5.41) is 3.83. The van der Waals surface area contributed by atoms with Crippen molar-refractivity contribution in [1.29, 1.82) is 0 Å². The van der Waals surface area contributed by atoms with Gasteiger partial charge in [0, 0.05) is 17.1 Å². The van der Waals surface area contributed by atoms with Crippen molar-refractivity contribution in [1.82, 2.24) is 5.16 Å². The first-order chi connectivity index (χ1) is 7.66. The first-order valence-electron chi connectivity index (χ1n) is 5.60. The topological polar surface area (TPSA) is 61.3 Å². The molecule has 1 saturated heterocycles. The van der Waals surface area contributed by atoms with Gasteiger partial charge in [0.05, 0.1) is 17.9 Å². The summed E-state index contributed by atoms with van der Waals surface area (Å²) in [6.07, 6.45) is 3.18. The lowest BCUT2D eigenvalue weighted by atomic mass is 10.2. The summed E-state index contributed by atoms with van der Waals surface area (Å²) in [4.78, 5) is 0. The van der Waals surface area contributed by atoms with Crippen molar-refractivity contribution >= 4 is 17.6 Å². The Morgan fingerprint density at radius 3 is 2.88 bits per heavy atom. The van der Waals surface area contributed by atoms with Crippen molar-refractivity contribution in [3.05, 3.63) is 11.3 Å². The van der Waals surface area contributed by atoms with Gasteiger partial charge in [0.1, 0.15) is 0 Å². The number of thioether (sulfide) groups is 1. The fourth-order valence-electron chi connectivity index (χ4n) is 1.88. The van der Waals surface area contributed by atoms with Crippen LogP contribution >= 0.6 is 11.8 Å². The highest BCUT2D eigenvalue weighted by Crippen LogP contribution is 2.26. The highest BCUT2D eigenvalue weighted by Gasteiger charge is 2.21. The maximum absolute atomic E-state index is 5.75. The maximum Gasteiger partial charge on any atom is 0.226 e. The third-order valence-electron chi connectivity index (χ3n) is 2.89. The third kappa shape index (κ3) is 2.71. The van der Waals surface area contributed by atoms with Crippen LogP contribution in [0.5, 0.6) is 0 Å². The Morgan fingerprint density at radius 1 is 1.50 bits per heavy atom. The van der Waals surface area contributed by atoms with E-state index in [1.165, 1.54) is 12.8 Å². The van der Waals surface area contributed by atoms with Crippen LogP contribution in [0.3, 0.4) is 0 Å². The van der Waals surface area contributed by atoms with Crippen molar-refractivity contribution < 1.29 is 9.26 Å². The van der Waals surface area contributed by atoms with Crippen molar-refractivity contribution in [3.63, 3.8) is 0 Å². The summed E-state index contributed by atoms with van der Waals surface area (Å²) in [6.45, 7) is 4.05. The molecular weight excluding hydrogens is 224 g/mol. The van der Waals surface area contributed by atoms with E-state index < -0.39 is 0 Å². The van der Waals surface area contributed by atoms with E-state index in [-0.39, 0.29) is 0 Å². The summed E-state index contributed by atoms with van der Waals surface area (Å²) in [7, 11) is 0. The second-order valence-corrected chi connectivity index (χ2v) is 5.30. The zero-order valence-electron chi connectivity index (χ0n) is 9.73. The van der Waals surface area contributed by atoms with Crippen molar-refractivity contribution in [2.45, 2.75) is 44.6 Å². The van der Waals surface area contributed by atoms with E-state index >= 15 is 0 Å². The summed E-state index contributed by atoms with van der Waals surface area (Å²) < 4.78 is 10.7. The monoisotopic (exact) mass is 242 g/mol. The molecule has 2 N–H and O–H groups in total. The fourth-order valence-corrected chi connectivity index (χ4v) is 3.06. The van der Waals surface area contributed by atoms with Gasteiger partial charge in [-0.3, -0.25) is 0 Å². The SMILES string of the molecule is Cc1noc(N)c1CSCC1CCC(C)O1. The zero-order valence-corrected chi connectivity index (χ0v) is 10.5. The number of aromatic nitrogens is 1. The first kappa shape index (κ1) is 11.8. The molecule has 4 nitrogen and oxygen atoms in total. The molecule has 1 fully saturated rings. The summed E-state index contributed by atoms with van der Waals surface area (Å²) in [5.74, 6) is 2.33. The van der Waals surface area contributed by atoms with E-state index in [1.807, 2.05) is 18.7 Å².